The van der Waals surface area contributed by atoms with Crippen molar-refractivity contribution in [1.29, 1.82) is 0 Å². The zero-order valence-corrected chi connectivity index (χ0v) is 17.6. The number of benzene rings is 3. The lowest BCUT2D eigenvalue weighted by atomic mass is 10.0. The van der Waals surface area contributed by atoms with Gasteiger partial charge in [-0.05, 0) is 30.7 Å². The van der Waals surface area contributed by atoms with Crippen LogP contribution in [0.15, 0.2) is 72.8 Å². The van der Waals surface area contributed by atoms with Gasteiger partial charge in [0.15, 0.2) is 5.13 Å². The number of hydrogen-bond acceptors (Lipinski definition) is 4. The number of aromatic nitrogens is 2. The van der Waals surface area contributed by atoms with Crippen LogP contribution in [0.1, 0.15) is 15.9 Å². The third kappa shape index (κ3) is 3.32. The monoisotopic (exact) mass is 429 g/mol. The molecule has 1 N–H and O–H groups in total. The molecule has 0 bridgehead atoms. The molecule has 0 fully saturated rings. The molecule has 0 aliphatic heterocycles. The second-order valence-corrected chi connectivity index (χ2v) is 8.36. The van der Waals surface area contributed by atoms with Gasteiger partial charge in [-0.15, -0.1) is 0 Å². The molecule has 2 aromatic heterocycles. The molecule has 0 unspecified atom stereocenters. The van der Waals surface area contributed by atoms with Crippen molar-refractivity contribution >= 4 is 55.1 Å². The fourth-order valence-corrected chi connectivity index (χ4v) is 4.65. The Hall–Kier alpha value is -3.28. The number of nitrogens with one attached hydrogen (secondary N) is 1. The predicted octanol–water partition coefficient (Wildman–Crippen LogP) is 6.73. The maximum absolute atomic E-state index is 13.3. The summed E-state index contributed by atoms with van der Waals surface area (Å²) >= 11 is 7.69. The Kier molecular flexibility index (Phi) is 4.69. The Labute approximate surface area is 182 Å². The normalized spacial score (nSPS) is 11.1. The molecule has 5 rings (SSSR count). The van der Waals surface area contributed by atoms with E-state index in [1.165, 1.54) is 11.3 Å². The average Bonchev–Trinajstić information content (AvgIpc) is 3.21. The van der Waals surface area contributed by atoms with E-state index in [1.807, 2.05) is 79.7 Å². The molecular formula is C24H16ClN3OS. The Balaban J connectivity index is 1.59. The van der Waals surface area contributed by atoms with Gasteiger partial charge in [0.05, 0.1) is 32.0 Å². The summed E-state index contributed by atoms with van der Waals surface area (Å²) in [4.78, 5) is 22.6. The van der Waals surface area contributed by atoms with Crippen molar-refractivity contribution in [3.05, 3.63) is 88.9 Å². The molecule has 146 valence electrons. The van der Waals surface area contributed by atoms with Crippen molar-refractivity contribution in [2.45, 2.75) is 6.92 Å². The van der Waals surface area contributed by atoms with Crippen LogP contribution in [-0.2, 0) is 0 Å². The van der Waals surface area contributed by atoms with E-state index in [0.717, 1.165) is 37.9 Å². The first-order valence-electron chi connectivity index (χ1n) is 9.42. The number of halogens is 1. The number of rotatable bonds is 3. The van der Waals surface area contributed by atoms with E-state index in [9.17, 15) is 4.79 Å². The second-order valence-electron chi connectivity index (χ2n) is 6.95. The van der Waals surface area contributed by atoms with Crippen molar-refractivity contribution in [1.82, 2.24) is 9.97 Å². The molecule has 5 aromatic rings. The number of nitrogens with zero attached hydrogens (tertiary/aromatic N) is 2. The number of thiazole rings is 1. The average molecular weight is 430 g/mol. The Morgan fingerprint density at radius 2 is 1.73 bits per heavy atom. The summed E-state index contributed by atoms with van der Waals surface area (Å²) in [6.45, 7) is 1.98. The van der Waals surface area contributed by atoms with E-state index in [-0.39, 0.29) is 5.91 Å². The number of anilines is 1. The van der Waals surface area contributed by atoms with Gasteiger partial charge in [0, 0.05) is 10.9 Å². The minimum absolute atomic E-state index is 0.224. The first-order chi connectivity index (χ1) is 14.6. The quantitative estimate of drug-likeness (QED) is 0.346. The Morgan fingerprint density at radius 3 is 2.53 bits per heavy atom. The van der Waals surface area contributed by atoms with Gasteiger partial charge in [0.1, 0.15) is 0 Å². The SMILES string of the molecule is Cc1ccc(Cl)c2sc(NC(=O)c3cc(-c4ccccc4)nc4ccccc34)nc12. The zero-order chi connectivity index (χ0) is 20.7. The number of aryl methyl sites for hydroxylation is 1. The summed E-state index contributed by atoms with van der Waals surface area (Å²) in [5, 5.41) is 4.91. The molecule has 0 aliphatic rings. The molecule has 4 nitrogen and oxygen atoms in total. The minimum Gasteiger partial charge on any atom is -0.298 e. The van der Waals surface area contributed by atoms with Gasteiger partial charge >= 0.3 is 0 Å². The van der Waals surface area contributed by atoms with Gasteiger partial charge in [-0.25, -0.2) is 9.97 Å². The molecule has 6 heteroatoms. The van der Waals surface area contributed by atoms with Crippen LogP contribution >= 0.6 is 22.9 Å². The van der Waals surface area contributed by atoms with E-state index in [1.54, 1.807) is 0 Å². The summed E-state index contributed by atoms with van der Waals surface area (Å²) in [6, 6.07) is 23.1. The lowest BCUT2D eigenvalue weighted by Gasteiger charge is -2.09. The van der Waals surface area contributed by atoms with Crippen molar-refractivity contribution < 1.29 is 4.79 Å². The summed E-state index contributed by atoms with van der Waals surface area (Å²) in [6.07, 6.45) is 0. The van der Waals surface area contributed by atoms with E-state index in [2.05, 4.69) is 10.3 Å². The van der Waals surface area contributed by atoms with E-state index in [0.29, 0.717) is 15.7 Å². The number of carbonyl (C=O) groups excluding carboxylic acids is 1. The van der Waals surface area contributed by atoms with Gasteiger partial charge in [0.2, 0.25) is 0 Å². The summed E-state index contributed by atoms with van der Waals surface area (Å²) in [7, 11) is 0. The molecule has 0 radical (unpaired) electrons. The predicted molar refractivity (Wildman–Crippen MR) is 124 cm³/mol. The van der Waals surface area contributed by atoms with Gasteiger partial charge in [-0.3, -0.25) is 10.1 Å². The third-order valence-corrected chi connectivity index (χ3v) is 6.38. The fourth-order valence-electron chi connectivity index (χ4n) is 3.44. The van der Waals surface area contributed by atoms with Crippen LogP contribution in [0.25, 0.3) is 32.4 Å². The highest BCUT2D eigenvalue weighted by molar-refractivity contribution is 7.23. The number of fused-ring (bicyclic) bond motifs is 2. The lowest BCUT2D eigenvalue weighted by Crippen LogP contribution is -2.13. The topological polar surface area (TPSA) is 54.9 Å². The first-order valence-corrected chi connectivity index (χ1v) is 10.6. The van der Waals surface area contributed by atoms with Gasteiger partial charge in [-0.1, -0.05) is 77.5 Å². The number of hydrogen-bond donors (Lipinski definition) is 1. The molecule has 0 spiro atoms. The van der Waals surface area contributed by atoms with Crippen LogP contribution in [0, 0.1) is 6.92 Å². The van der Waals surface area contributed by atoms with Crippen molar-refractivity contribution in [3.8, 4) is 11.3 Å². The molecule has 0 atom stereocenters. The molecule has 0 saturated carbocycles. The maximum Gasteiger partial charge on any atom is 0.258 e. The van der Waals surface area contributed by atoms with Crippen molar-refractivity contribution in [2.75, 3.05) is 5.32 Å². The van der Waals surface area contributed by atoms with E-state index < -0.39 is 0 Å². The minimum atomic E-state index is -0.224. The highest BCUT2D eigenvalue weighted by Crippen LogP contribution is 2.34. The number of pyridine rings is 1. The number of amides is 1. The van der Waals surface area contributed by atoms with Gasteiger partial charge in [0.25, 0.3) is 5.91 Å². The van der Waals surface area contributed by atoms with Crippen molar-refractivity contribution in [2.24, 2.45) is 0 Å². The molecule has 0 aliphatic carbocycles. The largest absolute Gasteiger partial charge is 0.298 e. The Morgan fingerprint density at radius 1 is 0.967 bits per heavy atom. The smallest absolute Gasteiger partial charge is 0.258 e. The summed E-state index contributed by atoms with van der Waals surface area (Å²) in [5.41, 5.74) is 4.87. The zero-order valence-electron chi connectivity index (χ0n) is 16.0. The maximum atomic E-state index is 13.3. The van der Waals surface area contributed by atoms with Crippen LogP contribution in [0.3, 0.4) is 0 Å². The molecule has 0 saturated heterocycles. The number of para-hydroxylation sites is 1. The highest BCUT2D eigenvalue weighted by Gasteiger charge is 2.17. The molecular weight excluding hydrogens is 414 g/mol. The summed E-state index contributed by atoms with van der Waals surface area (Å²) in [5.74, 6) is -0.224. The van der Waals surface area contributed by atoms with Crippen LogP contribution in [-0.4, -0.2) is 15.9 Å². The summed E-state index contributed by atoms with van der Waals surface area (Å²) < 4.78 is 0.872. The van der Waals surface area contributed by atoms with Crippen LogP contribution in [0.4, 0.5) is 5.13 Å². The van der Waals surface area contributed by atoms with Crippen molar-refractivity contribution in [3.63, 3.8) is 0 Å². The number of carbonyl (C=O) groups is 1. The Bertz CT molecular complexity index is 1370. The van der Waals surface area contributed by atoms with E-state index in [4.69, 9.17) is 16.6 Å². The fraction of sp³-hybridized carbons (Fsp3) is 0.0417. The highest BCUT2D eigenvalue weighted by atomic mass is 35.5. The van der Waals surface area contributed by atoms with Crippen LogP contribution < -0.4 is 5.32 Å². The van der Waals surface area contributed by atoms with Crippen LogP contribution in [0.5, 0.6) is 0 Å². The second kappa shape index (κ2) is 7.52. The van der Waals surface area contributed by atoms with Gasteiger partial charge in [-0.2, -0.15) is 0 Å². The standard InChI is InChI=1S/C24H16ClN3OS/c1-14-11-12-18(25)22-21(14)27-24(30-22)28-23(29)17-13-20(15-7-3-2-4-8-15)26-19-10-6-5-9-16(17)19/h2-13H,1H3,(H,27,28,29). The van der Waals surface area contributed by atoms with Gasteiger partial charge < -0.3 is 0 Å². The molecule has 3 aromatic carbocycles. The molecule has 2 heterocycles. The third-order valence-electron chi connectivity index (χ3n) is 4.95. The molecule has 1 amide bonds. The van der Waals surface area contributed by atoms with Crippen LogP contribution in [0.2, 0.25) is 5.02 Å². The first kappa shape index (κ1) is 18.7. The van der Waals surface area contributed by atoms with E-state index >= 15 is 0 Å². The molecule has 30 heavy (non-hydrogen) atoms. The lowest BCUT2D eigenvalue weighted by molar-refractivity contribution is 0.102.